The second kappa shape index (κ2) is 3.57. The van der Waals surface area contributed by atoms with E-state index < -0.39 is 15.3 Å². The molecule has 0 amide bonds. The average Bonchev–Trinajstić information content (AvgIpc) is 1.81. The molecule has 2 nitrogen and oxygen atoms in total. The first-order valence-electron chi connectivity index (χ1n) is 2.35. The van der Waals surface area contributed by atoms with Gasteiger partial charge in [0.1, 0.15) is 0 Å². The third-order valence-corrected chi connectivity index (χ3v) is 2.26. The van der Waals surface area contributed by atoms with Gasteiger partial charge in [-0.05, 0) is 0 Å². The van der Waals surface area contributed by atoms with Crippen LogP contribution < -0.4 is 0 Å². The molecule has 0 aliphatic carbocycles. The van der Waals surface area contributed by atoms with Crippen LogP contribution in [0.1, 0.15) is 0 Å². The van der Waals surface area contributed by atoms with Crippen LogP contribution in [0, 0.1) is 0 Å². The fourth-order valence-electron chi connectivity index (χ4n) is 0.240. The third kappa shape index (κ3) is 3.24. The van der Waals surface area contributed by atoms with Crippen molar-refractivity contribution in [1.29, 1.82) is 0 Å². The van der Waals surface area contributed by atoms with Crippen molar-refractivity contribution >= 4 is 25.8 Å². The van der Waals surface area contributed by atoms with Gasteiger partial charge >= 0.3 is 5.51 Å². The van der Waals surface area contributed by atoms with E-state index in [2.05, 4.69) is 15.9 Å². The van der Waals surface area contributed by atoms with Gasteiger partial charge in [-0.2, -0.15) is 13.2 Å². The van der Waals surface area contributed by atoms with Crippen LogP contribution in [0.5, 0.6) is 0 Å². The minimum Gasteiger partial charge on any atom is -0.215 e. The number of hydrogen-bond donors (Lipinski definition) is 0. The summed E-state index contributed by atoms with van der Waals surface area (Å²) in [6, 6.07) is 0. The second-order valence-electron chi connectivity index (χ2n) is 1.52. The normalized spacial score (nSPS) is 14.2. The largest absolute Gasteiger partial charge is 0.501 e. The fourth-order valence-corrected chi connectivity index (χ4v) is 1.18. The summed E-state index contributed by atoms with van der Waals surface area (Å²) in [7, 11) is -5.07. The summed E-state index contributed by atoms with van der Waals surface area (Å²) >= 11 is 2.75. The summed E-state index contributed by atoms with van der Waals surface area (Å²) in [4.78, 5) is 0. The standard InChI is InChI=1S/C4H4BrF3O2S/c5-2-1-3-11(9,10)4(6,7)8/h1,3H,2H2/b3-1+. The predicted molar refractivity (Wildman–Crippen MR) is 37.9 cm³/mol. The first-order valence-corrected chi connectivity index (χ1v) is 5.02. The smallest absolute Gasteiger partial charge is 0.215 e. The van der Waals surface area contributed by atoms with Gasteiger partial charge in [0.05, 0.1) is 0 Å². The molecule has 0 fully saturated rings. The molecule has 0 rings (SSSR count). The molecule has 11 heavy (non-hydrogen) atoms. The van der Waals surface area contributed by atoms with Gasteiger partial charge in [0, 0.05) is 10.7 Å². The number of rotatable bonds is 2. The van der Waals surface area contributed by atoms with Crippen molar-refractivity contribution < 1.29 is 21.6 Å². The van der Waals surface area contributed by atoms with Gasteiger partial charge in [-0.3, -0.25) is 0 Å². The maximum Gasteiger partial charge on any atom is 0.501 e. The van der Waals surface area contributed by atoms with Gasteiger partial charge < -0.3 is 0 Å². The quantitative estimate of drug-likeness (QED) is 0.703. The highest BCUT2D eigenvalue weighted by Crippen LogP contribution is 2.24. The van der Waals surface area contributed by atoms with Crippen LogP contribution in [0.25, 0.3) is 0 Å². The first kappa shape index (κ1) is 11.0. The molecule has 0 saturated carbocycles. The molecule has 0 bridgehead atoms. The highest BCUT2D eigenvalue weighted by Gasteiger charge is 2.43. The lowest BCUT2D eigenvalue weighted by Crippen LogP contribution is -2.20. The molecule has 0 N–H and O–H groups in total. The van der Waals surface area contributed by atoms with Crippen molar-refractivity contribution in [3.63, 3.8) is 0 Å². The van der Waals surface area contributed by atoms with Crippen LogP contribution >= 0.6 is 15.9 Å². The van der Waals surface area contributed by atoms with E-state index in [1.165, 1.54) is 0 Å². The lowest BCUT2D eigenvalue weighted by molar-refractivity contribution is -0.0423. The molecular formula is C4H4BrF3O2S. The lowest BCUT2D eigenvalue weighted by Gasteiger charge is -2.01. The maximum atomic E-state index is 11.5. The molecule has 0 unspecified atom stereocenters. The van der Waals surface area contributed by atoms with E-state index in [9.17, 15) is 21.6 Å². The zero-order valence-corrected chi connectivity index (χ0v) is 7.50. The Morgan fingerprint density at radius 1 is 1.36 bits per heavy atom. The first-order chi connectivity index (χ1) is 4.81. The van der Waals surface area contributed by atoms with Crippen molar-refractivity contribution in [2.75, 3.05) is 5.33 Å². The Morgan fingerprint density at radius 2 is 1.82 bits per heavy atom. The summed E-state index contributed by atoms with van der Waals surface area (Å²) in [5, 5.41) is 0.198. The Kier molecular flexibility index (Phi) is 3.56. The summed E-state index contributed by atoms with van der Waals surface area (Å²) in [6.07, 6.45) is 0.864. The summed E-state index contributed by atoms with van der Waals surface area (Å²) in [5.41, 5.74) is -5.19. The van der Waals surface area contributed by atoms with Gasteiger partial charge in [-0.25, -0.2) is 8.42 Å². The zero-order valence-electron chi connectivity index (χ0n) is 5.10. The lowest BCUT2D eigenvalue weighted by atomic mass is 10.8. The summed E-state index contributed by atoms with van der Waals surface area (Å²) < 4.78 is 54.9. The van der Waals surface area contributed by atoms with Crippen molar-refractivity contribution in [3.05, 3.63) is 11.5 Å². The van der Waals surface area contributed by atoms with Gasteiger partial charge in [-0.15, -0.1) is 0 Å². The maximum absolute atomic E-state index is 11.5. The van der Waals surface area contributed by atoms with Gasteiger partial charge in [-0.1, -0.05) is 22.0 Å². The zero-order chi connectivity index (χ0) is 9.12. The van der Waals surface area contributed by atoms with E-state index >= 15 is 0 Å². The highest BCUT2D eigenvalue weighted by atomic mass is 79.9. The molecule has 0 aromatic heterocycles. The molecule has 0 aromatic carbocycles. The van der Waals surface area contributed by atoms with Crippen molar-refractivity contribution in [2.24, 2.45) is 0 Å². The van der Waals surface area contributed by atoms with Crippen LogP contribution in [-0.2, 0) is 9.84 Å². The summed E-state index contributed by atoms with van der Waals surface area (Å²) in [5.74, 6) is 0. The number of sulfone groups is 1. The molecule has 0 aromatic rings. The van der Waals surface area contributed by atoms with Crippen LogP contribution in [0.2, 0.25) is 0 Å². The molecule has 0 heterocycles. The van der Waals surface area contributed by atoms with Crippen LogP contribution in [0.4, 0.5) is 13.2 Å². The van der Waals surface area contributed by atoms with Gasteiger partial charge in [0.15, 0.2) is 0 Å². The van der Waals surface area contributed by atoms with E-state index in [4.69, 9.17) is 0 Å². The van der Waals surface area contributed by atoms with E-state index in [0.29, 0.717) is 0 Å². The summed E-state index contributed by atoms with van der Waals surface area (Å²) in [6.45, 7) is 0. The number of allylic oxidation sites excluding steroid dienone is 1. The molecular weight excluding hydrogens is 249 g/mol. The topological polar surface area (TPSA) is 34.1 Å². The Labute approximate surface area is 70.1 Å². The predicted octanol–water partition coefficient (Wildman–Crippen LogP) is 1.83. The van der Waals surface area contributed by atoms with Crippen molar-refractivity contribution in [3.8, 4) is 0 Å². The average molecular weight is 253 g/mol. The minimum atomic E-state index is -5.19. The van der Waals surface area contributed by atoms with E-state index in [-0.39, 0.29) is 10.7 Å². The minimum absolute atomic E-state index is 0.0717. The second-order valence-corrected chi connectivity index (χ2v) is 3.99. The molecule has 0 aliphatic heterocycles. The van der Waals surface area contributed by atoms with Crippen molar-refractivity contribution in [1.82, 2.24) is 0 Å². The molecule has 66 valence electrons. The monoisotopic (exact) mass is 252 g/mol. The van der Waals surface area contributed by atoms with Crippen LogP contribution in [0.3, 0.4) is 0 Å². The Morgan fingerprint density at radius 3 is 2.09 bits per heavy atom. The number of alkyl halides is 4. The number of halogens is 4. The fraction of sp³-hybridized carbons (Fsp3) is 0.500. The van der Waals surface area contributed by atoms with E-state index in [0.717, 1.165) is 6.08 Å². The molecule has 0 spiro atoms. The molecule has 0 radical (unpaired) electrons. The molecule has 0 aliphatic rings. The molecule has 7 heteroatoms. The van der Waals surface area contributed by atoms with Crippen LogP contribution in [-0.4, -0.2) is 19.3 Å². The third-order valence-electron chi connectivity index (χ3n) is 0.687. The Bertz CT molecular complexity index is 241. The molecule has 0 atom stereocenters. The number of hydrogen-bond acceptors (Lipinski definition) is 2. The van der Waals surface area contributed by atoms with E-state index in [1.54, 1.807) is 0 Å². The van der Waals surface area contributed by atoms with Gasteiger partial charge in [0.2, 0.25) is 0 Å². The van der Waals surface area contributed by atoms with Gasteiger partial charge in [0.25, 0.3) is 9.84 Å². The highest BCUT2D eigenvalue weighted by molar-refractivity contribution is 9.09. The Balaban J connectivity index is 4.64. The molecule has 0 saturated heterocycles. The Hall–Kier alpha value is -0.0400. The van der Waals surface area contributed by atoms with E-state index in [1.807, 2.05) is 0 Å². The van der Waals surface area contributed by atoms with Crippen LogP contribution in [0.15, 0.2) is 11.5 Å². The van der Waals surface area contributed by atoms with Crippen molar-refractivity contribution in [2.45, 2.75) is 5.51 Å². The SMILES string of the molecule is O=S(=O)(/C=C/CBr)C(F)(F)F.